The third kappa shape index (κ3) is 10.00. The van der Waals surface area contributed by atoms with Gasteiger partial charge in [0.1, 0.15) is 5.75 Å². The van der Waals surface area contributed by atoms with Crippen molar-refractivity contribution >= 4 is 29.9 Å². The molecule has 1 heterocycles. The van der Waals surface area contributed by atoms with Crippen molar-refractivity contribution in [2.45, 2.75) is 58.7 Å². The van der Waals surface area contributed by atoms with Crippen LogP contribution in [0.25, 0.3) is 0 Å². The van der Waals surface area contributed by atoms with Crippen molar-refractivity contribution in [2.24, 2.45) is 4.99 Å². The van der Waals surface area contributed by atoms with Gasteiger partial charge in [0, 0.05) is 44.9 Å². The number of likely N-dealkylation sites (tertiary alicyclic amines) is 1. The van der Waals surface area contributed by atoms with E-state index >= 15 is 0 Å². The van der Waals surface area contributed by atoms with Gasteiger partial charge in [-0.1, -0.05) is 12.1 Å². The van der Waals surface area contributed by atoms with E-state index in [0.717, 1.165) is 49.9 Å². The van der Waals surface area contributed by atoms with Gasteiger partial charge in [0.15, 0.2) is 5.96 Å². The van der Waals surface area contributed by atoms with Crippen LogP contribution in [0.1, 0.15) is 45.6 Å². The molecule has 0 bridgehead atoms. The van der Waals surface area contributed by atoms with Gasteiger partial charge in [-0.15, -0.1) is 24.0 Å². The molecular formula is C22H39IN4O2. The summed E-state index contributed by atoms with van der Waals surface area (Å²) in [7, 11) is 1.68. The van der Waals surface area contributed by atoms with Crippen LogP contribution in [0.4, 0.5) is 0 Å². The first-order valence-corrected chi connectivity index (χ1v) is 10.6. The van der Waals surface area contributed by atoms with E-state index in [2.05, 4.69) is 36.3 Å². The molecule has 1 aromatic carbocycles. The average Bonchev–Trinajstić information content (AvgIpc) is 2.71. The zero-order chi connectivity index (χ0) is 20.2. The summed E-state index contributed by atoms with van der Waals surface area (Å²) in [6.07, 6.45) is 3.26. The topological polar surface area (TPSA) is 58.1 Å². The predicted octanol–water partition coefficient (Wildman–Crippen LogP) is 3.65. The lowest BCUT2D eigenvalue weighted by molar-refractivity contribution is 0.120. The van der Waals surface area contributed by atoms with Gasteiger partial charge in [0.25, 0.3) is 0 Å². The van der Waals surface area contributed by atoms with Crippen LogP contribution >= 0.6 is 24.0 Å². The van der Waals surface area contributed by atoms with E-state index in [1.165, 1.54) is 12.8 Å². The van der Waals surface area contributed by atoms with Crippen molar-refractivity contribution in [1.82, 2.24) is 15.5 Å². The fourth-order valence-electron chi connectivity index (χ4n) is 3.34. The average molecular weight is 518 g/mol. The van der Waals surface area contributed by atoms with Gasteiger partial charge in [-0.05, 0) is 57.7 Å². The molecule has 1 aromatic rings. The van der Waals surface area contributed by atoms with Gasteiger partial charge < -0.3 is 25.0 Å². The number of hydrogen-bond donors (Lipinski definition) is 2. The highest BCUT2D eigenvalue weighted by atomic mass is 127. The highest BCUT2D eigenvalue weighted by Gasteiger charge is 2.21. The maximum atomic E-state index is 5.76. The quantitative estimate of drug-likeness (QED) is 0.214. The number of benzene rings is 1. The summed E-state index contributed by atoms with van der Waals surface area (Å²) >= 11 is 0. The highest BCUT2D eigenvalue weighted by molar-refractivity contribution is 14.0. The van der Waals surface area contributed by atoms with Crippen molar-refractivity contribution in [3.63, 3.8) is 0 Å². The molecule has 0 unspecified atom stereocenters. The van der Waals surface area contributed by atoms with Crippen LogP contribution in [0.3, 0.4) is 0 Å². The second-order valence-electron chi connectivity index (χ2n) is 7.56. The summed E-state index contributed by atoms with van der Waals surface area (Å²) in [5.41, 5.74) is 1.16. The van der Waals surface area contributed by atoms with E-state index in [4.69, 9.17) is 14.5 Å². The van der Waals surface area contributed by atoms with Gasteiger partial charge in [-0.2, -0.15) is 0 Å². The summed E-state index contributed by atoms with van der Waals surface area (Å²) in [6, 6.07) is 9.15. The molecule has 0 amide bonds. The molecule has 29 heavy (non-hydrogen) atoms. The molecule has 0 saturated carbocycles. The Morgan fingerprint density at radius 1 is 1.21 bits per heavy atom. The summed E-state index contributed by atoms with van der Waals surface area (Å²) in [4.78, 5) is 7.26. The van der Waals surface area contributed by atoms with Gasteiger partial charge >= 0.3 is 0 Å². The molecule has 1 aliphatic heterocycles. The van der Waals surface area contributed by atoms with Gasteiger partial charge in [0.05, 0.1) is 13.7 Å². The third-order valence-corrected chi connectivity index (χ3v) is 5.09. The molecular weight excluding hydrogens is 479 g/mol. The van der Waals surface area contributed by atoms with Gasteiger partial charge in [-0.3, -0.25) is 4.99 Å². The number of guanidine groups is 1. The molecule has 0 aliphatic carbocycles. The molecule has 0 spiro atoms. The predicted molar refractivity (Wildman–Crippen MR) is 132 cm³/mol. The molecule has 166 valence electrons. The maximum Gasteiger partial charge on any atom is 0.191 e. The number of piperidine rings is 1. The number of hydrogen-bond acceptors (Lipinski definition) is 4. The number of ether oxygens (including phenoxy) is 2. The minimum absolute atomic E-state index is 0. The van der Waals surface area contributed by atoms with E-state index in [1.807, 2.05) is 24.3 Å². The normalized spacial score (nSPS) is 15.8. The standard InChI is InChI=1S/C22H38N4O2.HI/c1-5-23-22(25-20-11-14-26(15-12-20)18(2)3)24-13-6-16-28-17-19-7-9-21(27-4)10-8-19;/h7-10,18,20H,5-6,11-17H2,1-4H3,(H2,23,24,25);1H. The monoisotopic (exact) mass is 518 g/mol. The lowest BCUT2D eigenvalue weighted by Crippen LogP contribution is -2.49. The Labute approximate surface area is 193 Å². The third-order valence-electron chi connectivity index (χ3n) is 5.09. The molecule has 2 rings (SSSR count). The number of aliphatic imine (C=N–C) groups is 1. The summed E-state index contributed by atoms with van der Waals surface area (Å²) in [5, 5.41) is 6.97. The van der Waals surface area contributed by atoms with E-state index in [-0.39, 0.29) is 24.0 Å². The first-order chi connectivity index (χ1) is 13.6. The SMILES string of the molecule is CCNC(=NCCCOCc1ccc(OC)cc1)NC1CCN(C(C)C)CC1.I. The molecule has 0 aromatic heterocycles. The second-order valence-corrected chi connectivity index (χ2v) is 7.56. The molecule has 2 N–H and O–H groups in total. The van der Waals surface area contributed by atoms with Crippen molar-refractivity contribution < 1.29 is 9.47 Å². The lowest BCUT2D eigenvalue weighted by Gasteiger charge is -2.35. The number of nitrogens with zero attached hydrogens (tertiary/aromatic N) is 2. The first kappa shape index (κ1) is 26.0. The van der Waals surface area contributed by atoms with Gasteiger partial charge in [0.2, 0.25) is 0 Å². The molecule has 1 fully saturated rings. The zero-order valence-electron chi connectivity index (χ0n) is 18.4. The maximum absolute atomic E-state index is 5.76. The minimum Gasteiger partial charge on any atom is -0.497 e. The van der Waals surface area contributed by atoms with Crippen LogP contribution < -0.4 is 15.4 Å². The second kappa shape index (κ2) is 14.8. The Bertz CT molecular complexity index is 573. The van der Waals surface area contributed by atoms with Crippen LogP contribution in [0.15, 0.2) is 29.3 Å². The van der Waals surface area contributed by atoms with Crippen molar-refractivity contribution in [1.29, 1.82) is 0 Å². The Kier molecular flexibility index (Phi) is 13.3. The van der Waals surface area contributed by atoms with Crippen LogP contribution in [-0.4, -0.2) is 62.8 Å². The lowest BCUT2D eigenvalue weighted by atomic mass is 10.0. The molecule has 0 atom stereocenters. The number of nitrogens with one attached hydrogen (secondary N) is 2. The Morgan fingerprint density at radius 2 is 1.90 bits per heavy atom. The summed E-state index contributed by atoms with van der Waals surface area (Å²) in [6.45, 7) is 12.0. The van der Waals surface area contributed by atoms with Crippen LogP contribution in [0.2, 0.25) is 0 Å². The van der Waals surface area contributed by atoms with E-state index in [0.29, 0.717) is 25.3 Å². The Morgan fingerprint density at radius 3 is 2.48 bits per heavy atom. The molecule has 1 aliphatic rings. The highest BCUT2D eigenvalue weighted by Crippen LogP contribution is 2.13. The van der Waals surface area contributed by atoms with Crippen molar-refractivity contribution in [3.05, 3.63) is 29.8 Å². The zero-order valence-corrected chi connectivity index (χ0v) is 20.8. The summed E-state index contributed by atoms with van der Waals surface area (Å²) < 4.78 is 10.9. The number of methoxy groups -OCH3 is 1. The van der Waals surface area contributed by atoms with Crippen molar-refractivity contribution in [2.75, 3.05) is 39.9 Å². The fraction of sp³-hybridized carbons (Fsp3) is 0.682. The fourth-order valence-corrected chi connectivity index (χ4v) is 3.34. The molecule has 7 heteroatoms. The minimum atomic E-state index is 0. The van der Waals surface area contributed by atoms with Crippen molar-refractivity contribution in [3.8, 4) is 5.75 Å². The Balaban J connectivity index is 0.00000420. The van der Waals surface area contributed by atoms with E-state index < -0.39 is 0 Å². The largest absolute Gasteiger partial charge is 0.497 e. The molecule has 6 nitrogen and oxygen atoms in total. The van der Waals surface area contributed by atoms with E-state index in [9.17, 15) is 0 Å². The number of halogens is 1. The first-order valence-electron chi connectivity index (χ1n) is 10.6. The van der Waals surface area contributed by atoms with Crippen LogP contribution in [-0.2, 0) is 11.3 Å². The van der Waals surface area contributed by atoms with Gasteiger partial charge in [-0.25, -0.2) is 0 Å². The Hall–Kier alpha value is -1.06. The van der Waals surface area contributed by atoms with E-state index in [1.54, 1.807) is 7.11 Å². The van der Waals surface area contributed by atoms with Crippen LogP contribution in [0, 0.1) is 0 Å². The smallest absolute Gasteiger partial charge is 0.191 e. The molecule has 1 saturated heterocycles. The molecule has 0 radical (unpaired) electrons. The number of rotatable bonds is 10. The summed E-state index contributed by atoms with van der Waals surface area (Å²) in [5.74, 6) is 1.80. The van der Waals surface area contributed by atoms with Crippen LogP contribution in [0.5, 0.6) is 5.75 Å².